The molecule has 0 saturated carbocycles. The molecule has 0 radical (unpaired) electrons. The van der Waals surface area contributed by atoms with E-state index in [1.165, 1.54) is 16.0 Å². The van der Waals surface area contributed by atoms with Gasteiger partial charge in [-0.3, -0.25) is 14.4 Å². The second kappa shape index (κ2) is 8.78. The van der Waals surface area contributed by atoms with Crippen molar-refractivity contribution in [3.05, 3.63) is 71.4 Å². The predicted octanol–water partition coefficient (Wildman–Crippen LogP) is 2.45. The smallest absolute Gasteiger partial charge is 0.258 e. The Hall–Kier alpha value is -3.78. The van der Waals surface area contributed by atoms with Gasteiger partial charge in [-0.05, 0) is 47.1 Å². The molecule has 1 aliphatic carbocycles. The van der Waals surface area contributed by atoms with Crippen molar-refractivity contribution in [2.45, 2.75) is 12.5 Å². The highest BCUT2D eigenvalue weighted by atomic mass is 16.5. The molecule has 3 atom stereocenters. The number of anilines is 1. The van der Waals surface area contributed by atoms with E-state index in [1.54, 1.807) is 24.4 Å². The van der Waals surface area contributed by atoms with Crippen LogP contribution < -0.4 is 5.32 Å². The number of hydrogen-bond acceptors (Lipinski definition) is 5. The van der Waals surface area contributed by atoms with Crippen LogP contribution in [0.25, 0.3) is 11.6 Å². The molecule has 3 unspecified atom stereocenters. The number of ether oxygens (including phenoxy) is 1. The van der Waals surface area contributed by atoms with E-state index in [4.69, 9.17) is 4.74 Å². The lowest BCUT2D eigenvalue weighted by Crippen LogP contribution is -2.52. The third-order valence-corrected chi connectivity index (χ3v) is 7.34. The molecule has 35 heavy (non-hydrogen) atoms. The molecule has 0 bridgehead atoms. The zero-order valence-electron chi connectivity index (χ0n) is 19.2. The molecule has 4 aliphatic rings. The van der Waals surface area contributed by atoms with E-state index >= 15 is 0 Å². The average molecular weight is 471 g/mol. The van der Waals surface area contributed by atoms with Crippen LogP contribution in [0.15, 0.2) is 54.7 Å². The minimum absolute atomic E-state index is 0.0446. The molecule has 1 aromatic heterocycles. The number of hydrogen-bond donors (Lipinski definition) is 1. The standard InChI is InChI=1S/C27H26N4O4/c32-24(30-14-20-11-19(12-21(20)15-30)18-4-2-1-3-5-18)7-6-17-10-22-25(28-13-17)29-26(33)23-16-35-9-8-31(23)27(22)34/h1-7,10-11,13,20-21,23H,8-9,12,14-16H2,(H,28,29,33)/b7-6+. The molecule has 178 valence electrons. The Morgan fingerprint density at radius 1 is 1.17 bits per heavy atom. The number of aromatic nitrogens is 1. The first kappa shape index (κ1) is 21.7. The van der Waals surface area contributed by atoms with Crippen LogP contribution in [0.3, 0.4) is 0 Å². The molecule has 8 heteroatoms. The Bertz CT molecular complexity index is 1260. The summed E-state index contributed by atoms with van der Waals surface area (Å²) in [7, 11) is 0. The van der Waals surface area contributed by atoms with Crippen LogP contribution in [0.2, 0.25) is 0 Å². The maximum Gasteiger partial charge on any atom is 0.258 e. The molecular weight excluding hydrogens is 444 g/mol. The Morgan fingerprint density at radius 2 is 2.03 bits per heavy atom. The van der Waals surface area contributed by atoms with E-state index in [0.29, 0.717) is 36.1 Å². The Kier molecular flexibility index (Phi) is 5.45. The third kappa shape index (κ3) is 4.04. The summed E-state index contributed by atoms with van der Waals surface area (Å²) in [6.07, 6.45) is 8.11. The lowest BCUT2D eigenvalue weighted by Gasteiger charge is -2.32. The van der Waals surface area contributed by atoms with Gasteiger partial charge < -0.3 is 19.9 Å². The zero-order valence-corrected chi connectivity index (χ0v) is 19.2. The fraction of sp³-hybridized carbons (Fsp3) is 0.333. The molecule has 3 amide bonds. The summed E-state index contributed by atoms with van der Waals surface area (Å²) in [5.74, 6) is 0.489. The minimum atomic E-state index is -0.655. The predicted molar refractivity (Wildman–Crippen MR) is 130 cm³/mol. The third-order valence-electron chi connectivity index (χ3n) is 7.34. The van der Waals surface area contributed by atoms with E-state index in [9.17, 15) is 14.4 Å². The highest BCUT2D eigenvalue weighted by Gasteiger charge is 2.39. The van der Waals surface area contributed by atoms with Crippen LogP contribution >= 0.6 is 0 Å². The molecule has 0 spiro atoms. The van der Waals surface area contributed by atoms with Gasteiger partial charge >= 0.3 is 0 Å². The van der Waals surface area contributed by atoms with Crippen molar-refractivity contribution in [1.29, 1.82) is 0 Å². The van der Waals surface area contributed by atoms with Gasteiger partial charge in [-0.25, -0.2) is 4.98 Å². The van der Waals surface area contributed by atoms with Crippen LogP contribution in [0.1, 0.15) is 27.9 Å². The number of morpholine rings is 1. The maximum absolute atomic E-state index is 13.1. The van der Waals surface area contributed by atoms with Crippen molar-refractivity contribution < 1.29 is 19.1 Å². The first-order chi connectivity index (χ1) is 17.1. The van der Waals surface area contributed by atoms with Gasteiger partial charge in [0.1, 0.15) is 11.9 Å². The van der Waals surface area contributed by atoms with E-state index in [2.05, 4.69) is 40.6 Å². The second-order valence-corrected chi connectivity index (χ2v) is 9.51. The van der Waals surface area contributed by atoms with Crippen molar-refractivity contribution in [1.82, 2.24) is 14.8 Å². The van der Waals surface area contributed by atoms with Gasteiger partial charge in [-0.15, -0.1) is 0 Å². The molecule has 8 nitrogen and oxygen atoms in total. The number of pyridine rings is 1. The summed E-state index contributed by atoms with van der Waals surface area (Å²) in [6.45, 7) is 2.38. The van der Waals surface area contributed by atoms with Gasteiger partial charge in [0.15, 0.2) is 0 Å². The van der Waals surface area contributed by atoms with E-state index in [0.717, 1.165) is 19.5 Å². The largest absolute Gasteiger partial charge is 0.377 e. The quantitative estimate of drug-likeness (QED) is 0.696. The van der Waals surface area contributed by atoms with Crippen molar-refractivity contribution in [2.24, 2.45) is 11.8 Å². The Labute approximate surface area is 203 Å². The number of amides is 3. The molecule has 2 saturated heterocycles. The topological polar surface area (TPSA) is 91.8 Å². The number of rotatable bonds is 3. The lowest BCUT2D eigenvalue weighted by molar-refractivity contribution is -0.125. The summed E-state index contributed by atoms with van der Waals surface area (Å²) < 4.78 is 5.37. The van der Waals surface area contributed by atoms with E-state index < -0.39 is 6.04 Å². The van der Waals surface area contributed by atoms with Crippen LogP contribution in [0.5, 0.6) is 0 Å². The van der Waals surface area contributed by atoms with Crippen molar-refractivity contribution in [3.63, 3.8) is 0 Å². The van der Waals surface area contributed by atoms with Crippen LogP contribution in [-0.4, -0.2) is 71.4 Å². The number of fused-ring (bicyclic) bond motifs is 3. The fourth-order valence-corrected chi connectivity index (χ4v) is 5.48. The Morgan fingerprint density at radius 3 is 2.86 bits per heavy atom. The monoisotopic (exact) mass is 470 g/mol. The highest BCUT2D eigenvalue weighted by molar-refractivity contribution is 6.09. The van der Waals surface area contributed by atoms with Crippen molar-refractivity contribution in [2.75, 3.05) is 38.2 Å². The number of benzene rings is 1. The maximum atomic E-state index is 13.1. The first-order valence-electron chi connectivity index (χ1n) is 12.0. The number of nitrogens with zero attached hydrogens (tertiary/aromatic N) is 3. The fourth-order valence-electron chi connectivity index (χ4n) is 5.48. The molecule has 2 aromatic rings. The summed E-state index contributed by atoms with van der Waals surface area (Å²) in [4.78, 5) is 46.2. The molecule has 1 N–H and O–H groups in total. The molecule has 4 heterocycles. The number of carbonyl (C=O) groups is 3. The summed E-state index contributed by atoms with van der Waals surface area (Å²) in [5.41, 5.74) is 3.60. The van der Waals surface area contributed by atoms with Crippen LogP contribution in [0, 0.1) is 11.8 Å². The van der Waals surface area contributed by atoms with E-state index in [1.807, 2.05) is 11.0 Å². The van der Waals surface area contributed by atoms with Gasteiger partial charge in [-0.2, -0.15) is 0 Å². The normalized spacial score (nSPS) is 25.6. The van der Waals surface area contributed by atoms with Gasteiger partial charge in [-0.1, -0.05) is 36.4 Å². The van der Waals surface area contributed by atoms with Crippen LogP contribution in [0.4, 0.5) is 5.82 Å². The number of allylic oxidation sites excluding steroid dienone is 1. The molecule has 6 rings (SSSR count). The number of nitrogens with one attached hydrogen (secondary N) is 1. The summed E-state index contributed by atoms with van der Waals surface area (Å²) in [6, 6.07) is 11.5. The second-order valence-electron chi connectivity index (χ2n) is 9.51. The van der Waals surface area contributed by atoms with Gasteiger partial charge in [0, 0.05) is 31.9 Å². The highest BCUT2D eigenvalue weighted by Crippen LogP contribution is 2.41. The SMILES string of the molecule is O=C1Nc2ncc(/C=C/C(=O)N3CC4C=C(c5ccccc5)CC4C3)cc2C(=O)N2CCOCC12. The number of likely N-dealkylation sites (tertiary alicyclic amines) is 1. The van der Waals surface area contributed by atoms with E-state index in [-0.39, 0.29) is 30.1 Å². The lowest BCUT2D eigenvalue weighted by atomic mass is 9.98. The van der Waals surface area contributed by atoms with Gasteiger partial charge in [0.05, 0.1) is 18.8 Å². The molecule has 2 fully saturated rings. The molecular formula is C27H26N4O4. The molecule has 1 aromatic carbocycles. The van der Waals surface area contributed by atoms with Crippen molar-refractivity contribution in [3.8, 4) is 0 Å². The zero-order chi connectivity index (χ0) is 23.9. The summed E-state index contributed by atoms with van der Waals surface area (Å²) in [5, 5.41) is 2.73. The van der Waals surface area contributed by atoms with Crippen LogP contribution in [-0.2, 0) is 14.3 Å². The van der Waals surface area contributed by atoms with Gasteiger partial charge in [0.25, 0.3) is 11.8 Å². The minimum Gasteiger partial charge on any atom is -0.377 e. The van der Waals surface area contributed by atoms with Crippen molar-refractivity contribution >= 4 is 35.2 Å². The van der Waals surface area contributed by atoms with Gasteiger partial charge in [0.2, 0.25) is 5.91 Å². The number of carbonyl (C=O) groups excluding carboxylic acids is 3. The Balaban J connectivity index is 1.14. The average Bonchev–Trinajstić information content (AvgIpc) is 3.45. The summed E-state index contributed by atoms with van der Waals surface area (Å²) >= 11 is 0. The molecule has 3 aliphatic heterocycles. The first-order valence-corrected chi connectivity index (χ1v) is 12.0.